The van der Waals surface area contributed by atoms with Crippen LogP contribution in [0.5, 0.6) is 0 Å². The van der Waals surface area contributed by atoms with Crippen LogP contribution in [0.2, 0.25) is 0 Å². The second-order valence-electron chi connectivity index (χ2n) is 5.57. The summed E-state index contributed by atoms with van der Waals surface area (Å²) in [7, 11) is 0. The zero-order valence-electron chi connectivity index (χ0n) is 12.9. The highest BCUT2D eigenvalue weighted by Gasteiger charge is 2.27. The summed E-state index contributed by atoms with van der Waals surface area (Å²) in [5.41, 5.74) is 2.04. The Kier molecular flexibility index (Phi) is 5.82. The molecule has 2 heterocycles. The average Bonchev–Trinajstić information content (AvgIpc) is 2.72. The lowest BCUT2D eigenvalue weighted by atomic mass is 10.2. The van der Waals surface area contributed by atoms with Crippen molar-refractivity contribution in [2.24, 2.45) is 0 Å². The molecule has 0 amide bonds. The number of morpholine rings is 1. The molecule has 0 unspecified atom stereocenters. The van der Waals surface area contributed by atoms with Gasteiger partial charge in [0.05, 0.1) is 31.6 Å². The molecule has 1 aliphatic heterocycles. The summed E-state index contributed by atoms with van der Waals surface area (Å²) in [6.07, 6.45) is -4.27. The maximum atomic E-state index is 12.0. The third kappa shape index (κ3) is 5.58. The number of aryl methyl sites for hydroxylation is 2. The summed E-state index contributed by atoms with van der Waals surface area (Å²) in [6, 6.07) is 2.01. The van der Waals surface area contributed by atoms with E-state index < -0.39 is 12.8 Å². The van der Waals surface area contributed by atoms with E-state index in [1.165, 1.54) is 0 Å². The van der Waals surface area contributed by atoms with Crippen LogP contribution in [-0.4, -0.2) is 66.4 Å². The highest BCUT2D eigenvalue weighted by Crippen LogP contribution is 2.14. The fraction of sp³-hybridized carbons (Fsp3) is 0.786. The van der Waals surface area contributed by atoms with Gasteiger partial charge in [-0.2, -0.15) is 18.3 Å². The fourth-order valence-corrected chi connectivity index (χ4v) is 2.53. The molecule has 0 radical (unpaired) electrons. The quantitative estimate of drug-likeness (QED) is 0.749. The zero-order chi connectivity index (χ0) is 16.2. The first kappa shape index (κ1) is 17.2. The van der Waals surface area contributed by atoms with E-state index in [1.54, 1.807) is 0 Å². The highest BCUT2D eigenvalue weighted by atomic mass is 19.4. The SMILES string of the molecule is Cc1cc(C)n(C[C@H]2CN(CCOCC(F)(F)F)CCO2)n1. The Morgan fingerprint density at radius 3 is 2.82 bits per heavy atom. The second kappa shape index (κ2) is 7.43. The Morgan fingerprint density at radius 1 is 1.41 bits per heavy atom. The van der Waals surface area contributed by atoms with Gasteiger partial charge in [-0.1, -0.05) is 0 Å². The van der Waals surface area contributed by atoms with Crippen LogP contribution in [0.1, 0.15) is 11.4 Å². The van der Waals surface area contributed by atoms with E-state index in [0.717, 1.165) is 11.4 Å². The van der Waals surface area contributed by atoms with Crippen molar-refractivity contribution in [2.75, 3.05) is 39.5 Å². The predicted octanol–water partition coefficient (Wildman–Crippen LogP) is 1.78. The van der Waals surface area contributed by atoms with Crippen molar-refractivity contribution in [1.29, 1.82) is 0 Å². The van der Waals surface area contributed by atoms with E-state index >= 15 is 0 Å². The summed E-state index contributed by atoms with van der Waals surface area (Å²) in [5, 5.41) is 4.40. The minimum atomic E-state index is -4.26. The number of hydrogen-bond acceptors (Lipinski definition) is 4. The average molecular weight is 321 g/mol. The van der Waals surface area contributed by atoms with Crippen LogP contribution in [0.4, 0.5) is 13.2 Å². The first-order valence-corrected chi connectivity index (χ1v) is 7.33. The third-order valence-corrected chi connectivity index (χ3v) is 3.52. The van der Waals surface area contributed by atoms with Crippen molar-refractivity contribution in [1.82, 2.24) is 14.7 Å². The van der Waals surface area contributed by atoms with Gasteiger partial charge >= 0.3 is 6.18 Å². The minimum absolute atomic E-state index is 0.00522. The molecule has 0 N–H and O–H groups in total. The summed E-state index contributed by atoms with van der Waals surface area (Å²) in [6.45, 7) is 5.91. The molecule has 8 heteroatoms. The lowest BCUT2D eigenvalue weighted by molar-refractivity contribution is -0.175. The molecule has 22 heavy (non-hydrogen) atoms. The molecule has 126 valence electrons. The molecule has 0 bridgehead atoms. The van der Waals surface area contributed by atoms with Gasteiger partial charge in [-0.3, -0.25) is 9.58 Å². The van der Waals surface area contributed by atoms with Crippen molar-refractivity contribution in [3.63, 3.8) is 0 Å². The summed E-state index contributed by atoms with van der Waals surface area (Å²) in [5.74, 6) is 0. The molecule has 0 aliphatic carbocycles. The van der Waals surface area contributed by atoms with Crippen molar-refractivity contribution in [3.8, 4) is 0 Å². The van der Waals surface area contributed by atoms with Crippen molar-refractivity contribution < 1.29 is 22.6 Å². The summed E-state index contributed by atoms with van der Waals surface area (Å²) < 4.78 is 48.3. The Labute approximate surface area is 128 Å². The molecular weight excluding hydrogens is 299 g/mol. The molecule has 0 spiro atoms. The van der Waals surface area contributed by atoms with Gasteiger partial charge in [0.1, 0.15) is 6.61 Å². The molecule has 0 aromatic carbocycles. The van der Waals surface area contributed by atoms with E-state index in [9.17, 15) is 13.2 Å². The molecule has 5 nitrogen and oxygen atoms in total. The van der Waals surface area contributed by atoms with Gasteiger partial charge in [-0.25, -0.2) is 0 Å². The van der Waals surface area contributed by atoms with Crippen molar-refractivity contribution >= 4 is 0 Å². The van der Waals surface area contributed by atoms with Crippen LogP contribution in [0.3, 0.4) is 0 Å². The maximum absolute atomic E-state index is 12.0. The van der Waals surface area contributed by atoms with E-state index in [2.05, 4.69) is 14.7 Å². The van der Waals surface area contributed by atoms with Crippen molar-refractivity contribution in [2.45, 2.75) is 32.7 Å². The number of halogens is 3. The van der Waals surface area contributed by atoms with E-state index in [1.807, 2.05) is 24.6 Å². The number of rotatable bonds is 6. The molecule has 1 aromatic rings. The molecule has 1 aromatic heterocycles. The van der Waals surface area contributed by atoms with Gasteiger partial charge in [0.25, 0.3) is 0 Å². The van der Waals surface area contributed by atoms with Crippen LogP contribution in [0.25, 0.3) is 0 Å². The molecular formula is C14H22F3N3O2. The second-order valence-corrected chi connectivity index (χ2v) is 5.57. The maximum Gasteiger partial charge on any atom is 0.411 e. The standard InChI is InChI=1S/C14H22F3N3O2/c1-11-7-12(2)20(18-11)9-13-8-19(4-6-22-13)3-5-21-10-14(15,16)17/h7,13H,3-6,8-10H2,1-2H3/t13-/m1/s1. The van der Waals surface area contributed by atoms with Gasteiger partial charge in [0.2, 0.25) is 0 Å². The minimum Gasteiger partial charge on any atom is -0.374 e. The predicted molar refractivity (Wildman–Crippen MR) is 74.8 cm³/mol. The third-order valence-electron chi connectivity index (χ3n) is 3.52. The lowest BCUT2D eigenvalue weighted by Gasteiger charge is -2.33. The van der Waals surface area contributed by atoms with Crippen LogP contribution >= 0.6 is 0 Å². The van der Waals surface area contributed by atoms with Gasteiger partial charge in [0.15, 0.2) is 0 Å². The Balaban J connectivity index is 1.73. The van der Waals surface area contributed by atoms with E-state index in [4.69, 9.17) is 4.74 Å². The molecule has 2 rings (SSSR count). The first-order valence-electron chi connectivity index (χ1n) is 7.33. The summed E-state index contributed by atoms with van der Waals surface area (Å²) in [4.78, 5) is 2.07. The Bertz CT molecular complexity index is 476. The van der Waals surface area contributed by atoms with Gasteiger partial charge in [-0.05, 0) is 19.9 Å². The Hall–Kier alpha value is -1.12. The largest absolute Gasteiger partial charge is 0.411 e. The van der Waals surface area contributed by atoms with Crippen LogP contribution in [-0.2, 0) is 16.0 Å². The highest BCUT2D eigenvalue weighted by molar-refractivity contribution is 5.06. The number of aromatic nitrogens is 2. The van der Waals surface area contributed by atoms with Crippen molar-refractivity contribution in [3.05, 3.63) is 17.5 Å². The fourth-order valence-electron chi connectivity index (χ4n) is 2.53. The zero-order valence-corrected chi connectivity index (χ0v) is 12.9. The summed E-state index contributed by atoms with van der Waals surface area (Å²) >= 11 is 0. The number of hydrogen-bond donors (Lipinski definition) is 0. The van der Waals surface area contributed by atoms with E-state index in [0.29, 0.717) is 32.8 Å². The van der Waals surface area contributed by atoms with Crippen LogP contribution in [0, 0.1) is 13.8 Å². The first-order chi connectivity index (χ1) is 10.3. The number of ether oxygens (including phenoxy) is 2. The smallest absolute Gasteiger partial charge is 0.374 e. The molecule has 1 fully saturated rings. The monoisotopic (exact) mass is 321 g/mol. The molecule has 1 aliphatic rings. The normalized spacial score (nSPS) is 20.5. The van der Waals surface area contributed by atoms with Crippen LogP contribution in [0.15, 0.2) is 6.07 Å². The topological polar surface area (TPSA) is 39.5 Å². The van der Waals surface area contributed by atoms with E-state index in [-0.39, 0.29) is 12.7 Å². The molecule has 0 saturated carbocycles. The Morgan fingerprint density at radius 2 is 2.18 bits per heavy atom. The van der Waals surface area contributed by atoms with Crippen LogP contribution < -0.4 is 0 Å². The lowest BCUT2D eigenvalue weighted by Crippen LogP contribution is -2.45. The molecule has 1 saturated heterocycles. The van der Waals surface area contributed by atoms with Gasteiger partial charge < -0.3 is 9.47 Å². The number of nitrogens with zero attached hydrogens (tertiary/aromatic N) is 3. The van der Waals surface area contributed by atoms with Gasteiger partial charge in [-0.15, -0.1) is 0 Å². The number of alkyl halides is 3. The van der Waals surface area contributed by atoms with Gasteiger partial charge in [0, 0.05) is 25.3 Å². The molecule has 1 atom stereocenters.